The molecule has 0 unspecified atom stereocenters. The highest BCUT2D eigenvalue weighted by atomic mass is 35.5. The summed E-state index contributed by atoms with van der Waals surface area (Å²) in [6.07, 6.45) is 0. The molecular formula is C20H15ClO2. The standard InChI is InChI=1S/C20H15ClO2/c21-20(22-14-23-20)17-11-12-18(15-7-3-1-4-8-15)19(13-17)16-9-5-2-6-10-16/h1-13H,14H2. The summed E-state index contributed by atoms with van der Waals surface area (Å²) in [5.74, 6) is 0. The van der Waals surface area contributed by atoms with Crippen LogP contribution in [0.25, 0.3) is 22.3 Å². The lowest BCUT2D eigenvalue weighted by molar-refractivity contribution is -0.359. The first-order chi connectivity index (χ1) is 11.3. The Morgan fingerprint density at radius 2 is 1.26 bits per heavy atom. The average Bonchev–Trinajstić information content (AvgIpc) is 2.61. The monoisotopic (exact) mass is 322 g/mol. The topological polar surface area (TPSA) is 18.5 Å². The van der Waals surface area contributed by atoms with E-state index in [1.54, 1.807) is 0 Å². The molecule has 3 aromatic carbocycles. The van der Waals surface area contributed by atoms with Crippen LogP contribution in [0.3, 0.4) is 0 Å². The second-order valence-corrected chi connectivity index (χ2v) is 5.93. The van der Waals surface area contributed by atoms with Gasteiger partial charge in [0.2, 0.25) is 0 Å². The van der Waals surface area contributed by atoms with Gasteiger partial charge in [-0.3, -0.25) is 0 Å². The Bertz CT molecular complexity index is 812. The van der Waals surface area contributed by atoms with Crippen molar-refractivity contribution in [1.29, 1.82) is 0 Å². The molecule has 0 atom stereocenters. The van der Waals surface area contributed by atoms with Crippen molar-refractivity contribution in [3.63, 3.8) is 0 Å². The highest BCUT2D eigenvalue weighted by Gasteiger charge is 2.40. The van der Waals surface area contributed by atoms with E-state index in [1.807, 2.05) is 48.5 Å². The minimum Gasteiger partial charge on any atom is -0.306 e. The van der Waals surface area contributed by atoms with Crippen LogP contribution < -0.4 is 0 Å². The Kier molecular flexibility index (Phi) is 3.66. The first kappa shape index (κ1) is 14.5. The SMILES string of the molecule is ClC1(c2ccc(-c3ccccc3)c(-c3ccccc3)c2)OCO1. The van der Waals surface area contributed by atoms with Gasteiger partial charge in [0.05, 0.1) is 0 Å². The summed E-state index contributed by atoms with van der Waals surface area (Å²) >= 11 is 6.35. The van der Waals surface area contributed by atoms with E-state index in [0.29, 0.717) is 0 Å². The van der Waals surface area contributed by atoms with E-state index in [-0.39, 0.29) is 6.79 Å². The Hall–Kier alpha value is -2.13. The maximum absolute atomic E-state index is 6.35. The van der Waals surface area contributed by atoms with Crippen LogP contribution in [0.1, 0.15) is 5.56 Å². The third kappa shape index (κ3) is 2.66. The summed E-state index contributed by atoms with van der Waals surface area (Å²) in [6, 6.07) is 26.6. The van der Waals surface area contributed by atoms with E-state index in [0.717, 1.165) is 27.8 Å². The van der Waals surface area contributed by atoms with Crippen LogP contribution in [0.4, 0.5) is 0 Å². The van der Waals surface area contributed by atoms with Gasteiger partial charge >= 0.3 is 0 Å². The molecule has 1 fully saturated rings. The molecule has 1 aliphatic heterocycles. The molecule has 0 N–H and O–H groups in total. The molecule has 2 nitrogen and oxygen atoms in total. The molecule has 1 aliphatic rings. The van der Waals surface area contributed by atoms with Crippen LogP contribution in [-0.2, 0) is 14.7 Å². The predicted octanol–water partition coefficient (Wildman–Crippen LogP) is 5.37. The lowest BCUT2D eigenvalue weighted by atomic mass is 9.92. The minimum atomic E-state index is -1.15. The number of benzene rings is 3. The zero-order chi connectivity index (χ0) is 15.7. The van der Waals surface area contributed by atoms with Crippen LogP contribution in [-0.4, -0.2) is 6.79 Å². The highest BCUT2D eigenvalue weighted by Crippen LogP contribution is 2.42. The second-order valence-electron chi connectivity index (χ2n) is 5.44. The van der Waals surface area contributed by atoms with Gasteiger partial charge in [-0.25, -0.2) is 0 Å². The number of halogens is 1. The van der Waals surface area contributed by atoms with Gasteiger partial charge in [0, 0.05) is 5.56 Å². The molecule has 3 heteroatoms. The zero-order valence-corrected chi connectivity index (χ0v) is 13.2. The van der Waals surface area contributed by atoms with Crippen molar-refractivity contribution >= 4 is 11.6 Å². The largest absolute Gasteiger partial charge is 0.306 e. The normalized spacial score (nSPS) is 15.9. The Morgan fingerprint density at radius 3 is 1.78 bits per heavy atom. The molecule has 0 aromatic heterocycles. The van der Waals surface area contributed by atoms with E-state index in [1.165, 1.54) is 0 Å². The number of ether oxygens (including phenoxy) is 2. The van der Waals surface area contributed by atoms with Crippen molar-refractivity contribution in [2.45, 2.75) is 5.25 Å². The first-order valence-electron chi connectivity index (χ1n) is 7.48. The van der Waals surface area contributed by atoms with Gasteiger partial charge in [0.15, 0.2) is 6.79 Å². The van der Waals surface area contributed by atoms with Crippen molar-refractivity contribution in [2.24, 2.45) is 0 Å². The van der Waals surface area contributed by atoms with Gasteiger partial charge in [-0.2, -0.15) is 0 Å². The lowest BCUT2D eigenvalue weighted by Crippen LogP contribution is -2.38. The molecule has 0 saturated carbocycles. The third-order valence-electron chi connectivity index (χ3n) is 4.02. The third-order valence-corrected chi connectivity index (χ3v) is 4.46. The van der Waals surface area contributed by atoms with E-state index < -0.39 is 5.25 Å². The summed E-state index contributed by atoms with van der Waals surface area (Å²) < 4.78 is 10.8. The molecule has 1 saturated heterocycles. The molecule has 0 radical (unpaired) electrons. The smallest absolute Gasteiger partial charge is 0.280 e. The number of alkyl halides is 1. The fourth-order valence-electron chi connectivity index (χ4n) is 2.79. The highest BCUT2D eigenvalue weighted by molar-refractivity contribution is 6.22. The molecule has 0 aliphatic carbocycles. The molecule has 0 spiro atoms. The van der Waals surface area contributed by atoms with Crippen LogP contribution in [0.5, 0.6) is 0 Å². The van der Waals surface area contributed by atoms with Gasteiger partial charge in [-0.05, 0) is 28.3 Å². The van der Waals surface area contributed by atoms with E-state index in [2.05, 4.69) is 30.3 Å². The molecule has 114 valence electrons. The Labute approximate surface area is 140 Å². The lowest BCUT2D eigenvalue weighted by Gasteiger charge is -2.36. The summed E-state index contributed by atoms with van der Waals surface area (Å²) in [6.45, 7) is 0.227. The van der Waals surface area contributed by atoms with Crippen LogP contribution >= 0.6 is 11.6 Å². The van der Waals surface area contributed by atoms with Crippen molar-refractivity contribution in [3.8, 4) is 22.3 Å². The van der Waals surface area contributed by atoms with Crippen molar-refractivity contribution in [3.05, 3.63) is 84.4 Å². The summed E-state index contributed by atoms with van der Waals surface area (Å²) in [7, 11) is 0. The zero-order valence-electron chi connectivity index (χ0n) is 12.4. The summed E-state index contributed by atoms with van der Waals surface area (Å²) in [5.41, 5.74) is 5.36. The molecular weight excluding hydrogens is 308 g/mol. The maximum atomic E-state index is 6.35. The van der Waals surface area contributed by atoms with E-state index in [4.69, 9.17) is 21.1 Å². The molecule has 0 bridgehead atoms. The Balaban J connectivity index is 1.89. The second kappa shape index (κ2) is 5.82. The number of hydrogen-bond donors (Lipinski definition) is 0. The maximum Gasteiger partial charge on any atom is 0.280 e. The molecule has 3 aromatic rings. The van der Waals surface area contributed by atoms with Crippen molar-refractivity contribution in [2.75, 3.05) is 6.79 Å². The van der Waals surface area contributed by atoms with Gasteiger partial charge in [-0.1, -0.05) is 84.4 Å². The van der Waals surface area contributed by atoms with Crippen LogP contribution in [0, 0.1) is 0 Å². The molecule has 4 rings (SSSR count). The van der Waals surface area contributed by atoms with E-state index in [9.17, 15) is 0 Å². The first-order valence-corrected chi connectivity index (χ1v) is 7.86. The van der Waals surface area contributed by atoms with Crippen molar-refractivity contribution < 1.29 is 9.47 Å². The minimum absolute atomic E-state index is 0.227. The molecule has 23 heavy (non-hydrogen) atoms. The fraction of sp³-hybridized carbons (Fsp3) is 0.100. The quantitative estimate of drug-likeness (QED) is 0.603. The predicted molar refractivity (Wildman–Crippen MR) is 91.9 cm³/mol. The summed E-state index contributed by atoms with van der Waals surface area (Å²) in [4.78, 5) is 0. The number of rotatable bonds is 3. The summed E-state index contributed by atoms with van der Waals surface area (Å²) in [5, 5.41) is -1.15. The van der Waals surface area contributed by atoms with Gasteiger partial charge < -0.3 is 9.47 Å². The van der Waals surface area contributed by atoms with Gasteiger partial charge in [0.25, 0.3) is 5.25 Å². The van der Waals surface area contributed by atoms with Crippen LogP contribution in [0.15, 0.2) is 78.9 Å². The average molecular weight is 323 g/mol. The van der Waals surface area contributed by atoms with E-state index >= 15 is 0 Å². The van der Waals surface area contributed by atoms with Crippen LogP contribution in [0.2, 0.25) is 0 Å². The van der Waals surface area contributed by atoms with Gasteiger partial charge in [-0.15, -0.1) is 0 Å². The van der Waals surface area contributed by atoms with Crippen molar-refractivity contribution in [1.82, 2.24) is 0 Å². The molecule has 1 heterocycles. The molecule has 0 amide bonds. The fourth-order valence-corrected chi connectivity index (χ4v) is 2.99. The van der Waals surface area contributed by atoms with Gasteiger partial charge in [0.1, 0.15) is 0 Å². The number of hydrogen-bond acceptors (Lipinski definition) is 2. The Morgan fingerprint density at radius 1 is 0.696 bits per heavy atom.